The van der Waals surface area contributed by atoms with Crippen molar-refractivity contribution in [2.75, 3.05) is 31.1 Å². The molecule has 0 aromatic rings. The van der Waals surface area contributed by atoms with Gasteiger partial charge in [0.1, 0.15) is 0 Å². The van der Waals surface area contributed by atoms with E-state index in [0.717, 1.165) is 12.1 Å². The molecule has 0 amide bonds. The molecular weight excluding hydrogens is 216 g/mol. The second kappa shape index (κ2) is 6.87. The van der Waals surface area contributed by atoms with Crippen LogP contribution >= 0.6 is 11.8 Å². The molecule has 0 aliphatic carbocycles. The van der Waals surface area contributed by atoms with Crippen LogP contribution in [-0.2, 0) is 0 Å². The van der Waals surface area contributed by atoms with Crippen molar-refractivity contribution in [2.24, 2.45) is 0 Å². The number of hydrogen-bond donors (Lipinski definition) is 1. The Hall–Kier alpha value is 0.270. The molecule has 0 aromatic carbocycles. The minimum Gasteiger partial charge on any atom is -0.312 e. The fourth-order valence-electron chi connectivity index (χ4n) is 2.91. The Kier molecular flexibility index (Phi) is 5.46. The highest BCUT2D eigenvalue weighted by atomic mass is 32.2. The van der Waals surface area contributed by atoms with Gasteiger partial charge in [-0.25, -0.2) is 0 Å². The lowest BCUT2D eigenvalue weighted by Crippen LogP contribution is -2.48. The average Bonchev–Trinajstić information content (AvgIpc) is 2.38. The van der Waals surface area contributed by atoms with Gasteiger partial charge >= 0.3 is 0 Å². The molecule has 0 saturated carbocycles. The van der Waals surface area contributed by atoms with Gasteiger partial charge in [0.2, 0.25) is 0 Å². The lowest BCUT2D eigenvalue weighted by Gasteiger charge is -2.36. The maximum Gasteiger partial charge on any atom is 0.0220 e. The van der Waals surface area contributed by atoms with Crippen LogP contribution in [0.5, 0.6) is 0 Å². The number of likely N-dealkylation sites (N-methyl/N-ethyl adjacent to an activating group) is 1. The molecule has 2 atom stereocenters. The summed E-state index contributed by atoms with van der Waals surface area (Å²) in [6, 6.07) is 1.60. The van der Waals surface area contributed by atoms with Gasteiger partial charge in [-0.1, -0.05) is 13.3 Å². The Morgan fingerprint density at radius 1 is 1.25 bits per heavy atom. The lowest BCUT2D eigenvalue weighted by atomic mass is 10.0. The van der Waals surface area contributed by atoms with E-state index in [1.54, 1.807) is 0 Å². The van der Waals surface area contributed by atoms with Crippen molar-refractivity contribution < 1.29 is 0 Å². The van der Waals surface area contributed by atoms with Crippen LogP contribution in [0.1, 0.15) is 39.0 Å². The van der Waals surface area contributed by atoms with Gasteiger partial charge in [-0.2, -0.15) is 11.8 Å². The van der Waals surface area contributed by atoms with E-state index in [2.05, 4.69) is 28.9 Å². The standard InChI is InChI=1S/C13H26N2S/c1-2-15-8-4-3-7-13(15)10-14-12-6-5-9-16-11-12/h12-14H,2-11H2,1H3. The zero-order chi connectivity index (χ0) is 11.2. The first kappa shape index (κ1) is 12.7. The van der Waals surface area contributed by atoms with E-state index in [9.17, 15) is 0 Å². The van der Waals surface area contributed by atoms with Gasteiger partial charge in [-0.3, -0.25) is 4.90 Å². The monoisotopic (exact) mass is 242 g/mol. The second-order valence-corrected chi connectivity index (χ2v) is 6.25. The largest absolute Gasteiger partial charge is 0.312 e. The van der Waals surface area contributed by atoms with Gasteiger partial charge in [0, 0.05) is 24.4 Å². The molecule has 2 rings (SSSR count). The molecule has 1 N–H and O–H groups in total. The maximum absolute atomic E-state index is 3.79. The normalized spacial score (nSPS) is 32.8. The summed E-state index contributed by atoms with van der Waals surface area (Å²) >= 11 is 2.12. The van der Waals surface area contributed by atoms with E-state index >= 15 is 0 Å². The highest BCUT2D eigenvalue weighted by Gasteiger charge is 2.22. The van der Waals surface area contributed by atoms with E-state index in [4.69, 9.17) is 0 Å². The summed E-state index contributed by atoms with van der Waals surface area (Å²) in [5, 5.41) is 3.79. The topological polar surface area (TPSA) is 15.3 Å². The second-order valence-electron chi connectivity index (χ2n) is 5.10. The van der Waals surface area contributed by atoms with Gasteiger partial charge in [-0.05, 0) is 44.5 Å². The van der Waals surface area contributed by atoms with Gasteiger partial charge in [-0.15, -0.1) is 0 Å². The molecule has 94 valence electrons. The molecule has 3 heteroatoms. The van der Waals surface area contributed by atoms with E-state index in [-0.39, 0.29) is 0 Å². The molecule has 2 heterocycles. The first-order valence-corrected chi connectivity index (χ1v) is 8.11. The van der Waals surface area contributed by atoms with Crippen LogP contribution in [0.25, 0.3) is 0 Å². The van der Waals surface area contributed by atoms with Crippen molar-refractivity contribution >= 4 is 11.8 Å². The number of rotatable bonds is 4. The highest BCUT2D eigenvalue weighted by Crippen LogP contribution is 2.19. The van der Waals surface area contributed by atoms with Crippen molar-refractivity contribution in [1.29, 1.82) is 0 Å². The fraction of sp³-hybridized carbons (Fsp3) is 1.00. The number of nitrogens with one attached hydrogen (secondary N) is 1. The number of thioether (sulfide) groups is 1. The predicted molar refractivity (Wildman–Crippen MR) is 73.2 cm³/mol. The third kappa shape index (κ3) is 3.64. The van der Waals surface area contributed by atoms with Crippen molar-refractivity contribution in [3.8, 4) is 0 Å². The van der Waals surface area contributed by atoms with Gasteiger partial charge < -0.3 is 5.32 Å². The number of likely N-dealkylation sites (tertiary alicyclic amines) is 1. The van der Waals surface area contributed by atoms with Crippen LogP contribution in [-0.4, -0.2) is 48.1 Å². The van der Waals surface area contributed by atoms with Gasteiger partial charge in [0.15, 0.2) is 0 Å². The third-order valence-electron chi connectivity index (χ3n) is 3.96. The number of nitrogens with zero attached hydrogens (tertiary/aromatic N) is 1. The van der Waals surface area contributed by atoms with Gasteiger partial charge in [0.25, 0.3) is 0 Å². The first-order chi connectivity index (χ1) is 7.90. The van der Waals surface area contributed by atoms with Crippen LogP contribution in [0.2, 0.25) is 0 Å². The molecule has 0 radical (unpaired) electrons. The van der Waals surface area contributed by atoms with Crippen LogP contribution < -0.4 is 5.32 Å². The van der Waals surface area contributed by atoms with Gasteiger partial charge in [0.05, 0.1) is 0 Å². The molecule has 2 unspecified atom stereocenters. The Labute approximate surface area is 105 Å². The van der Waals surface area contributed by atoms with Crippen LogP contribution in [0, 0.1) is 0 Å². The molecule has 0 aromatic heterocycles. The minimum atomic E-state index is 0.791. The summed E-state index contributed by atoms with van der Waals surface area (Å²) in [5.41, 5.74) is 0. The zero-order valence-electron chi connectivity index (χ0n) is 10.6. The van der Waals surface area contributed by atoms with Crippen molar-refractivity contribution in [3.63, 3.8) is 0 Å². The van der Waals surface area contributed by atoms with Crippen LogP contribution in [0.4, 0.5) is 0 Å². The summed E-state index contributed by atoms with van der Waals surface area (Å²) < 4.78 is 0. The molecule has 2 nitrogen and oxygen atoms in total. The van der Waals surface area contributed by atoms with Crippen LogP contribution in [0.3, 0.4) is 0 Å². The molecule has 2 aliphatic heterocycles. The number of hydrogen-bond acceptors (Lipinski definition) is 3. The summed E-state index contributed by atoms with van der Waals surface area (Å²) in [7, 11) is 0. The Bertz CT molecular complexity index is 192. The average molecular weight is 242 g/mol. The van der Waals surface area contributed by atoms with Crippen molar-refractivity contribution in [3.05, 3.63) is 0 Å². The smallest absolute Gasteiger partial charge is 0.0220 e. The minimum absolute atomic E-state index is 0.791. The molecule has 2 aliphatic rings. The third-order valence-corrected chi connectivity index (χ3v) is 5.17. The van der Waals surface area contributed by atoms with Crippen molar-refractivity contribution in [2.45, 2.75) is 51.1 Å². The molecule has 16 heavy (non-hydrogen) atoms. The Balaban J connectivity index is 1.70. The summed E-state index contributed by atoms with van der Waals surface area (Å²) in [6.45, 7) is 6.07. The maximum atomic E-state index is 3.79. The van der Waals surface area contributed by atoms with E-state index in [0.29, 0.717) is 0 Å². The van der Waals surface area contributed by atoms with Crippen molar-refractivity contribution in [1.82, 2.24) is 10.2 Å². The summed E-state index contributed by atoms with van der Waals surface area (Å²) in [5.74, 6) is 2.71. The Morgan fingerprint density at radius 2 is 2.19 bits per heavy atom. The fourth-order valence-corrected chi connectivity index (χ4v) is 4.02. The Morgan fingerprint density at radius 3 is 2.94 bits per heavy atom. The predicted octanol–water partition coefficient (Wildman–Crippen LogP) is 2.35. The van der Waals surface area contributed by atoms with E-state index < -0.39 is 0 Å². The lowest BCUT2D eigenvalue weighted by molar-refractivity contribution is 0.150. The molecule has 0 bridgehead atoms. The number of piperidine rings is 1. The van der Waals surface area contributed by atoms with E-state index in [1.807, 2.05) is 0 Å². The molecule has 2 fully saturated rings. The highest BCUT2D eigenvalue weighted by molar-refractivity contribution is 7.99. The summed E-state index contributed by atoms with van der Waals surface area (Å²) in [4.78, 5) is 2.66. The zero-order valence-corrected chi connectivity index (χ0v) is 11.4. The molecule has 2 saturated heterocycles. The first-order valence-electron chi connectivity index (χ1n) is 6.95. The SMILES string of the molecule is CCN1CCCCC1CNC1CCCSC1. The molecular formula is C13H26N2S. The van der Waals surface area contributed by atoms with E-state index in [1.165, 1.54) is 63.2 Å². The van der Waals surface area contributed by atoms with Crippen LogP contribution in [0.15, 0.2) is 0 Å². The quantitative estimate of drug-likeness (QED) is 0.815. The molecule has 0 spiro atoms. The summed E-state index contributed by atoms with van der Waals surface area (Å²) in [6.07, 6.45) is 7.04.